The molecule has 3 rings (SSSR count). The highest BCUT2D eigenvalue weighted by atomic mass is 35.5. The number of aryl methyl sites for hydroxylation is 1. The Bertz CT molecular complexity index is 742. The molecule has 2 aromatic rings. The smallest absolute Gasteiger partial charge is 0.306 e. The highest BCUT2D eigenvalue weighted by Crippen LogP contribution is 2.38. The van der Waals surface area contributed by atoms with E-state index >= 15 is 0 Å². The lowest BCUT2D eigenvalue weighted by molar-refractivity contribution is -0.144. The molecule has 0 fully saturated rings. The van der Waals surface area contributed by atoms with Gasteiger partial charge in [-0.1, -0.05) is 23.7 Å². The number of fused-ring (bicyclic) bond motifs is 1. The largest absolute Gasteiger partial charge is 0.497 e. The van der Waals surface area contributed by atoms with Crippen molar-refractivity contribution in [2.45, 2.75) is 19.4 Å². The number of ether oxygens (including phenoxy) is 4. The molecule has 0 unspecified atom stereocenters. The lowest BCUT2D eigenvalue weighted by Gasteiger charge is -2.20. The third-order valence-corrected chi connectivity index (χ3v) is 4.11. The lowest BCUT2D eigenvalue weighted by Crippen LogP contribution is -2.16. The van der Waals surface area contributed by atoms with Gasteiger partial charge in [-0.05, 0) is 41.8 Å². The van der Waals surface area contributed by atoms with E-state index < -0.39 is 0 Å². The Kier molecular flexibility index (Phi) is 5.66. The minimum Gasteiger partial charge on any atom is -0.497 e. The Morgan fingerprint density at radius 1 is 1.12 bits per heavy atom. The maximum absolute atomic E-state index is 12.0. The molecule has 0 atom stereocenters. The van der Waals surface area contributed by atoms with Crippen molar-refractivity contribution < 1.29 is 23.7 Å². The fraction of sp³-hybridized carbons (Fsp3) is 0.316. The quantitative estimate of drug-likeness (QED) is 0.732. The second-order valence-electron chi connectivity index (χ2n) is 5.61. The van der Waals surface area contributed by atoms with Crippen molar-refractivity contribution in [2.75, 3.05) is 20.3 Å². The van der Waals surface area contributed by atoms with Gasteiger partial charge in [0.2, 0.25) is 0 Å². The zero-order valence-electron chi connectivity index (χ0n) is 13.9. The summed E-state index contributed by atoms with van der Waals surface area (Å²) >= 11 is 6.17. The molecule has 0 radical (unpaired) electrons. The van der Waals surface area contributed by atoms with Crippen molar-refractivity contribution in [2.24, 2.45) is 0 Å². The van der Waals surface area contributed by atoms with Gasteiger partial charge >= 0.3 is 5.97 Å². The van der Waals surface area contributed by atoms with Gasteiger partial charge in [0.1, 0.15) is 25.6 Å². The molecule has 2 aromatic carbocycles. The molecule has 5 nitrogen and oxygen atoms in total. The predicted octanol–water partition coefficient (Wildman–Crippen LogP) is 3.80. The van der Waals surface area contributed by atoms with Gasteiger partial charge in [-0.25, -0.2) is 0 Å². The van der Waals surface area contributed by atoms with Gasteiger partial charge in [0.15, 0.2) is 11.5 Å². The van der Waals surface area contributed by atoms with Crippen LogP contribution in [-0.2, 0) is 22.6 Å². The molecule has 0 N–H and O–H groups in total. The van der Waals surface area contributed by atoms with E-state index in [4.69, 9.17) is 30.5 Å². The summed E-state index contributed by atoms with van der Waals surface area (Å²) in [5, 5.41) is 0.460. The Hall–Kier alpha value is -2.40. The maximum Gasteiger partial charge on any atom is 0.306 e. The van der Waals surface area contributed by atoms with Gasteiger partial charge in [-0.3, -0.25) is 4.79 Å². The van der Waals surface area contributed by atoms with Crippen molar-refractivity contribution >= 4 is 17.6 Å². The van der Waals surface area contributed by atoms with Gasteiger partial charge in [0, 0.05) is 6.42 Å². The zero-order chi connectivity index (χ0) is 17.6. The first-order valence-corrected chi connectivity index (χ1v) is 8.40. The molecule has 0 bridgehead atoms. The molecule has 0 saturated carbocycles. The summed E-state index contributed by atoms with van der Waals surface area (Å²) in [5.74, 6) is 1.66. The molecular weight excluding hydrogens is 344 g/mol. The average molecular weight is 363 g/mol. The predicted molar refractivity (Wildman–Crippen MR) is 93.6 cm³/mol. The van der Waals surface area contributed by atoms with Crippen LogP contribution in [0.2, 0.25) is 5.02 Å². The molecule has 0 amide bonds. The third-order valence-electron chi connectivity index (χ3n) is 3.83. The summed E-state index contributed by atoms with van der Waals surface area (Å²) in [5.41, 5.74) is 1.83. The molecular formula is C19H19ClO5. The van der Waals surface area contributed by atoms with Gasteiger partial charge in [-0.15, -0.1) is 0 Å². The van der Waals surface area contributed by atoms with Crippen LogP contribution >= 0.6 is 11.6 Å². The van der Waals surface area contributed by atoms with Crippen molar-refractivity contribution in [3.05, 3.63) is 52.5 Å². The van der Waals surface area contributed by atoms with Crippen LogP contribution in [-0.4, -0.2) is 26.3 Å². The van der Waals surface area contributed by atoms with E-state index in [1.165, 1.54) is 0 Å². The van der Waals surface area contributed by atoms with Gasteiger partial charge in [-0.2, -0.15) is 0 Å². The van der Waals surface area contributed by atoms with Crippen molar-refractivity contribution in [3.63, 3.8) is 0 Å². The summed E-state index contributed by atoms with van der Waals surface area (Å²) in [7, 11) is 1.62. The summed E-state index contributed by atoms with van der Waals surface area (Å²) in [6, 6.07) is 11.1. The molecule has 132 valence electrons. The second kappa shape index (κ2) is 8.12. The molecule has 0 spiro atoms. The Morgan fingerprint density at radius 3 is 2.64 bits per heavy atom. The standard InChI is InChI=1S/C19H19ClO5/c1-22-15-5-2-13(3-6-15)4-7-18(21)25-12-14-10-16(20)19-17(11-14)23-8-9-24-19/h2-3,5-6,10-11H,4,7-9,12H2,1H3. The van der Waals surface area contributed by atoms with E-state index in [2.05, 4.69) is 0 Å². The molecule has 0 aromatic heterocycles. The van der Waals surface area contributed by atoms with E-state index in [0.29, 0.717) is 42.6 Å². The average Bonchev–Trinajstić information content (AvgIpc) is 2.65. The minimum atomic E-state index is -0.262. The Labute approximate surface area is 151 Å². The van der Waals surface area contributed by atoms with Gasteiger partial charge in [0.25, 0.3) is 0 Å². The number of methoxy groups -OCH3 is 1. The van der Waals surface area contributed by atoms with Crippen molar-refractivity contribution in [3.8, 4) is 17.2 Å². The molecule has 25 heavy (non-hydrogen) atoms. The number of benzene rings is 2. The van der Waals surface area contributed by atoms with Crippen LogP contribution < -0.4 is 14.2 Å². The van der Waals surface area contributed by atoms with E-state index in [1.54, 1.807) is 19.2 Å². The van der Waals surface area contributed by atoms with Crippen LogP contribution in [0.25, 0.3) is 0 Å². The number of carbonyl (C=O) groups excluding carboxylic acids is 1. The van der Waals surface area contributed by atoms with Crippen molar-refractivity contribution in [1.82, 2.24) is 0 Å². The topological polar surface area (TPSA) is 54.0 Å². The van der Waals surface area contributed by atoms with Crippen LogP contribution in [0.15, 0.2) is 36.4 Å². The highest BCUT2D eigenvalue weighted by molar-refractivity contribution is 6.32. The molecule has 1 aliphatic rings. The van der Waals surface area contributed by atoms with Crippen molar-refractivity contribution in [1.29, 1.82) is 0 Å². The number of hydrogen-bond acceptors (Lipinski definition) is 5. The second-order valence-corrected chi connectivity index (χ2v) is 6.02. The summed E-state index contributed by atoms with van der Waals surface area (Å²) in [4.78, 5) is 12.0. The number of hydrogen-bond donors (Lipinski definition) is 0. The monoisotopic (exact) mass is 362 g/mol. The van der Waals surface area contributed by atoms with Crippen LogP contribution in [0.4, 0.5) is 0 Å². The molecule has 1 aliphatic heterocycles. The van der Waals surface area contributed by atoms with E-state index in [0.717, 1.165) is 16.9 Å². The molecule has 1 heterocycles. The summed E-state index contributed by atoms with van der Waals surface area (Å²) in [6.07, 6.45) is 0.926. The van der Waals surface area contributed by atoms with Crippen LogP contribution in [0.5, 0.6) is 17.2 Å². The number of esters is 1. The fourth-order valence-corrected chi connectivity index (χ4v) is 2.81. The Balaban J connectivity index is 1.51. The SMILES string of the molecule is COc1ccc(CCC(=O)OCc2cc(Cl)c3c(c2)OCCO3)cc1. The van der Waals surface area contributed by atoms with Crippen LogP contribution in [0, 0.1) is 0 Å². The zero-order valence-corrected chi connectivity index (χ0v) is 14.7. The first-order valence-electron chi connectivity index (χ1n) is 8.02. The van der Waals surface area contributed by atoms with E-state index in [1.807, 2.05) is 24.3 Å². The van der Waals surface area contributed by atoms with Crippen LogP contribution in [0.3, 0.4) is 0 Å². The molecule has 0 aliphatic carbocycles. The fourth-order valence-electron chi connectivity index (χ4n) is 2.52. The number of carbonyl (C=O) groups is 1. The van der Waals surface area contributed by atoms with E-state index in [9.17, 15) is 4.79 Å². The normalized spacial score (nSPS) is 12.6. The number of rotatable bonds is 6. The summed E-state index contributed by atoms with van der Waals surface area (Å²) in [6.45, 7) is 1.11. The highest BCUT2D eigenvalue weighted by Gasteiger charge is 2.17. The minimum absolute atomic E-state index is 0.151. The first kappa shape index (κ1) is 17.4. The first-order chi connectivity index (χ1) is 12.2. The lowest BCUT2D eigenvalue weighted by atomic mass is 10.1. The van der Waals surface area contributed by atoms with Gasteiger partial charge < -0.3 is 18.9 Å². The van der Waals surface area contributed by atoms with E-state index in [-0.39, 0.29) is 12.6 Å². The van der Waals surface area contributed by atoms with Crippen LogP contribution in [0.1, 0.15) is 17.5 Å². The molecule has 0 saturated heterocycles. The van der Waals surface area contributed by atoms with Gasteiger partial charge in [0.05, 0.1) is 12.1 Å². The Morgan fingerprint density at radius 2 is 1.88 bits per heavy atom. The maximum atomic E-state index is 12.0. The summed E-state index contributed by atoms with van der Waals surface area (Å²) < 4.78 is 21.4. The molecule has 6 heteroatoms. The third kappa shape index (κ3) is 4.57. The number of halogens is 1.